The lowest BCUT2D eigenvalue weighted by molar-refractivity contribution is -0.121. The maximum atomic E-state index is 12.1. The third-order valence-electron chi connectivity index (χ3n) is 5.10. The van der Waals surface area contributed by atoms with Gasteiger partial charge in [0.2, 0.25) is 5.91 Å². The zero-order valence-electron chi connectivity index (χ0n) is 17.3. The predicted octanol–water partition coefficient (Wildman–Crippen LogP) is 1.11. The molecule has 1 N–H and O–H groups in total. The van der Waals surface area contributed by atoms with Gasteiger partial charge in [0.25, 0.3) is 5.91 Å². The van der Waals surface area contributed by atoms with E-state index in [1.165, 1.54) is 11.1 Å². The van der Waals surface area contributed by atoms with Gasteiger partial charge in [0.1, 0.15) is 11.5 Å². The van der Waals surface area contributed by atoms with Crippen LogP contribution < -0.4 is 10.2 Å². The van der Waals surface area contributed by atoms with Crippen LogP contribution >= 0.6 is 0 Å². The number of piperidine rings is 1. The molecule has 2 amide bonds. The Kier molecular flexibility index (Phi) is 6.79. The fourth-order valence-corrected chi connectivity index (χ4v) is 3.36. The zero-order valence-corrected chi connectivity index (χ0v) is 17.3. The summed E-state index contributed by atoms with van der Waals surface area (Å²) < 4.78 is 1.80. The molecular formula is C20H29N7O2. The molecule has 2 aromatic heterocycles. The van der Waals surface area contributed by atoms with Gasteiger partial charge >= 0.3 is 0 Å². The van der Waals surface area contributed by atoms with Gasteiger partial charge in [0.15, 0.2) is 0 Å². The maximum absolute atomic E-state index is 12.1. The van der Waals surface area contributed by atoms with Gasteiger partial charge in [-0.25, -0.2) is 4.98 Å². The molecule has 3 rings (SSSR count). The molecule has 1 aliphatic heterocycles. The molecule has 29 heavy (non-hydrogen) atoms. The largest absolute Gasteiger partial charge is 0.356 e. The molecule has 0 unspecified atom stereocenters. The molecule has 1 fully saturated rings. The highest BCUT2D eigenvalue weighted by molar-refractivity contribution is 5.91. The summed E-state index contributed by atoms with van der Waals surface area (Å²) in [5.74, 6) is 1.08. The lowest BCUT2D eigenvalue weighted by Gasteiger charge is -2.32. The van der Waals surface area contributed by atoms with Gasteiger partial charge in [-0.2, -0.15) is 5.10 Å². The van der Waals surface area contributed by atoms with Crippen LogP contribution in [0, 0.1) is 12.8 Å². The van der Waals surface area contributed by atoms with E-state index in [0.29, 0.717) is 31.1 Å². The second-order valence-electron chi connectivity index (χ2n) is 7.73. The van der Waals surface area contributed by atoms with E-state index in [1.807, 2.05) is 13.1 Å². The Morgan fingerprint density at radius 1 is 1.21 bits per heavy atom. The third-order valence-corrected chi connectivity index (χ3v) is 5.10. The molecule has 1 aliphatic rings. The molecule has 9 heteroatoms. The standard InChI is InChI=1S/C20H29N7O2/c1-15-10-23-27(14-15)9-6-19(28)22-11-16-4-7-26(8-5-16)18-13-21-12-17(24-18)20(29)25(2)3/h10,12-14,16H,4-9,11H2,1-3H3,(H,22,28). The molecular weight excluding hydrogens is 370 g/mol. The molecule has 1 saturated heterocycles. The molecule has 2 aromatic rings. The predicted molar refractivity (Wildman–Crippen MR) is 110 cm³/mol. The molecule has 0 saturated carbocycles. The van der Waals surface area contributed by atoms with E-state index in [0.717, 1.165) is 37.3 Å². The van der Waals surface area contributed by atoms with Gasteiger partial charge < -0.3 is 15.1 Å². The van der Waals surface area contributed by atoms with Crippen molar-refractivity contribution in [1.29, 1.82) is 0 Å². The fraction of sp³-hybridized carbons (Fsp3) is 0.550. The summed E-state index contributed by atoms with van der Waals surface area (Å²) in [5, 5.41) is 7.24. The second kappa shape index (κ2) is 9.49. The van der Waals surface area contributed by atoms with Crippen molar-refractivity contribution >= 4 is 17.6 Å². The number of rotatable bonds is 7. The first-order chi connectivity index (χ1) is 13.9. The SMILES string of the molecule is Cc1cnn(CCC(=O)NCC2CCN(c3cncc(C(=O)N(C)C)n3)CC2)c1. The van der Waals surface area contributed by atoms with Crippen LogP contribution in [0.25, 0.3) is 0 Å². The molecule has 9 nitrogen and oxygen atoms in total. The van der Waals surface area contributed by atoms with Crippen LogP contribution in [0.1, 0.15) is 35.3 Å². The molecule has 0 radical (unpaired) electrons. The normalized spacial score (nSPS) is 14.7. The van der Waals surface area contributed by atoms with Crippen molar-refractivity contribution in [3.05, 3.63) is 36.0 Å². The highest BCUT2D eigenvalue weighted by atomic mass is 16.2. The van der Waals surface area contributed by atoms with Crippen molar-refractivity contribution in [1.82, 2.24) is 30.0 Å². The number of amides is 2. The minimum atomic E-state index is -0.151. The summed E-state index contributed by atoms with van der Waals surface area (Å²) in [4.78, 5) is 36.5. The van der Waals surface area contributed by atoms with Crippen LogP contribution in [0.5, 0.6) is 0 Å². The Labute approximate surface area is 171 Å². The van der Waals surface area contributed by atoms with Crippen LogP contribution in [0.3, 0.4) is 0 Å². The van der Waals surface area contributed by atoms with E-state index in [9.17, 15) is 9.59 Å². The Balaban J connectivity index is 1.42. The number of aromatic nitrogens is 4. The fourth-order valence-electron chi connectivity index (χ4n) is 3.36. The topological polar surface area (TPSA) is 96.2 Å². The minimum absolute atomic E-state index is 0.0568. The third kappa shape index (κ3) is 5.75. The number of hydrogen-bond donors (Lipinski definition) is 1. The molecule has 0 atom stereocenters. The zero-order chi connectivity index (χ0) is 20.8. The molecule has 156 valence electrons. The van der Waals surface area contributed by atoms with Crippen LogP contribution in [0.2, 0.25) is 0 Å². The highest BCUT2D eigenvalue weighted by Gasteiger charge is 2.22. The molecule has 0 aliphatic carbocycles. The Morgan fingerprint density at radius 2 is 1.97 bits per heavy atom. The van der Waals surface area contributed by atoms with Crippen molar-refractivity contribution in [2.75, 3.05) is 38.6 Å². The average Bonchev–Trinajstić information content (AvgIpc) is 3.15. The Bertz CT molecular complexity index is 841. The van der Waals surface area contributed by atoms with Gasteiger partial charge in [-0.05, 0) is 31.2 Å². The summed E-state index contributed by atoms with van der Waals surface area (Å²) >= 11 is 0. The first kappa shape index (κ1) is 20.8. The van der Waals surface area contributed by atoms with Crippen molar-refractivity contribution in [2.45, 2.75) is 32.7 Å². The first-order valence-electron chi connectivity index (χ1n) is 9.97. The van der Waals surface area contributed by atoms with Crippen LogP contribution in [-0.4, -0.2) is 70.2 Å². The summed E-state index contributed by atoms with van der Waals surface area (Å²) in [6.07, 6.45) is 9.29. The maximum Gasteiger partial charge on any atom is 0.273 e. The van der Waals surface area contributed by atoms with E-state index in [-0.39, 0.29) is 11.8 Å². The number of hydrogen-bond acceptors (Lipinski definition) is 6. The number of carbonyl (C=O) groups excluding carboxylic acids is 2. The molecule has 0 aromatic carbocycles. The van der Waals surface area contributed by atoms with Gasteiger partial charge in [-0.1, -0.05) is 0 Å². The van der Waals surface area contributed by atoms with Crippen molar-refractivity contribution < 1.29 is 9.59 Å². The van der Waals surface area contributed by atoms with Gasteiger partial charge in [0.05, 0.1) is 18.6 Å². The number of nitrogens with one attached hydrogen (secondary N) is 1. The summed E-state index contributed by atoms with van der Waals surface area (Å²) in [7, 11) is 3.40. The summed E-state index contributed by atoms with van der Waals surface area (Å²) in [5.41, 5.74) is 1.45. The van der Waals surface area contributed by atoms with E-state index in [1.54, 1.807) is 31.2 Å². The Hall–Kier alpha value is -2.97. The lowest BCUT2D eigenvalue weighted by atomic mass is 9.97. The lowest BCUT2D eigenvalue weighted by Crippen LogP contribution is -2.39. The van der Waals surface area contributed by atoms with Crippen LogP contribution in [-0.2, 0) is 11.3 Å². The van der Waals surface area contributed by atoms with E-state index < -0.39 is 0 Å². The number of anilines is 1. The Morgan fingerprint density at radius 3 is 2.62 bits per heavy atom. The van der Waals surface area contributed by atoms with Crippen molar-refractivity contribution in [2.24, 2.45) is 5.92 Å². The van der Waals surface area contributed by atoms with E-state index in [2.05, 4.69) is 25.3 Å². The summed E-state index contributed by atoms with van der Waals surface area (Å²) in [6, 6.07) is 0. The first-order valence-corrected chi connectivity index (χ1v) is 9.97. The highest BCUT2D eigenvalue weighted by Crippen LogP contribution is 2.21. The summed E-state index contributed by atoms with van der Waals surface area (Å²) in [6.45, 7) is 4.94. The van der Waals surface area contributed by atoms with Crippen LogP contribution in [0.15, 0.2) is 24.8 Å². The second-order valence-corrected chi connectivity index (χ2v) is 7.73. The molecule has 0 spiro atoms. The minimum Gasteiger partial charge on any atom is -0.356 e. The molecule has 0 bridgehead atoms. The monoisotopic (exact) mass is 399 g/mol. The quantitative estimate of drug-likeness (QED) is 0.749. The van der Waals surface area contributed by atoms with Gasteiger partial charge in [-0.3, -0.25) is 19.3 Å². The van der Waals surface area contributed by atoms with Crippen LogP contribution in [0.4, 0.5) is 5.82 Å². The number of carbonyl (C=O) groups is 2. The van der Waals surface area contributed by atoms with Crippen molar-refractivity contribution in [3.63, 3.8) is 0 Å². The molecule has 3 heterocycles. The smallest absolute Gasteiger partial charge is 0.273 e. The van der Waals surface area contributed by atoms with E-state index in [4.69, 9.17) is 0 Å². The van der Waals surface area contributed by atoms with Gasteiger partial charge in [-0.15, -0.1) is 0 Å². The number of nitrogens with zero attached hydrogens (tertiary/aromatic N) is 6. The average molecular weight is 399 g/mol. The number of aryl methyl sites for hydroxylation is 2. The van der Waals surface area contributed by atoms with E-state index >= 15 is 0 Å². The van der Waals surface area contributed by atoms with Gasteiger partial charge in [0, 0.05) is 52.9 Å². The van der Waals surface area contributed by atoms with Crippen molar-refractivity contribution in [3.8, 4) is 0 Å².